The smallest absolute Gasteiger partial charge is 0.161 e. The van der Waals surface area contributed by atoms with Gasteiger partial charge in [-0.3, -0.25) is 0 Å². The maximum absolute atomic E-state index is 8.74. The van der Waals surface area contributed by atoms with Crippen LogP contribution in [0.15, 0.2) is 18.2 Å². The molecule has 0 aliphatic heterocycles. The van der Waals surface area contributed by atoms with E-state index in [0.717, 1.165) is 37.3 Å². The summed E-state index contributed by atoms with van der Waals surface area (Å²) in [5.41, 5.74) is 1.19. The average Bonchev–Trinajstić information content (AvgIpc) is 2.45. The van der Waals surface area contributed by atoms with Crippen molar-refractivity contribution in [1.82, 2.24) is 5.32 Å². The van der Waals surface area contributed by atoms with Crippen LogP contribution in [-0.4, -0.2) is 31.5 Å². The van der Waals surface area contributed by atoms with E-state index in [4.69, 9.17) is 14.6 Å². The number of benzene rings is 1. The van der Waals surface area contributed by atoms with Crippen LogP contribution in [-0.2, 0) is 6.54 Å². The number of aliphatic hydroxyl groups is 1. The summed E-state index contributed by atoms with van der Waals surface area (Å²) < 4.78 is 11.1. The van der Waals surface area contributed by atoms with Crippen molar-refractivity contribution in [2.45, 2.75) is 45.7 Å². The Kier molecular flexibility index (Phi) is 8.07. The summed E-state index contributed by atoms with van der Waals surface area (Å²) in [6.07, 6.45) is 2.75. The van der Waals surface area contributed by atoms with Crippen LogP contribution >= 0.6 is 0 Å². The van der Waals surface area contributed by atoms with Crippen LogP contribution in [0.4, 0.5) is 0 Å². The zero-order valence-electron chi connectivity index (χ0n) is 12.8. The quantitative estimate of drug-likeness (QED) is 0.648. The van der Waals surface area contributed by atoms with Crippen molar-refractivity contribution in [2.24, 2.45) is 0 Å². The van der Waals surface area contributed by atoms with Crippen molar-refractivity contribution in [2.75, 3.05) is 20.3 Å². The van der Waals surface area contributed by atoms with Gasteiger partial charge in [0.25, 0.3) is 0 Å². The van der Waals surface area contributed by atoms with Crippen LogP contribution < -0.4 is 14.8 Å². The number of ether oxygens (including phenoxy) is 2. The third-order valence-corrected chi connectivity index (χ3v) is 3.00. The third-order valence-electron chi connectivity index (χ3n) is 3.00. The Morgan fingerprint density at radius 1 is 1.15 bits per heavy atom. The van der Waals surface area contributed by atoms with Crippen LogP contribution in [0.3, 0.4) is 0 Å². The van der Waals surface area contributed by atoms with Gasteiger partial charge in [-0.2, -0.15) is 0 Å². The number of aliphatic hydroxyl groups excluding tert-OH is 1. The van der Waals surface area contributed by atoms with Crippen molar-refractivity contribution in [3.63, 3.8) is 0 Å². The SMILES string of the molecule is COc1ccc(CNC(C)C)cc1OCCCCCO. The second kappa shape index (κ2) is 9.61. The summed E-state index contributed by atoms with van der Waals surface area (Å²) in [4.78, 5) is 0. The molecule has 0 atom stereocenters. The summed E-state index contributed by atoms with van der Waals surface area (Å²) in [5.74, 6) is 1.56. The maximum atomic E-state index is 8.74. The number of hydrogen-bond donors (Lipinski definition) is 2. The van der Waals surface area contributed by atoms with Gasteiger partial charge in [0.2, 0.25) is 0 Å². The Morgan fingerprint density at radius 2 is 1.95 bits per heavy atom. The van der Waals surface area contributed by atoms with E-state index >= 15 is 0 Å². The lowest BCUT2D eigenvalue weighted by molar-refractivity contribution is 0.260. The molecule has 0 aliphatic carbocycles. The second-order valence-electron chi connectivity index (χ2n) is 5.15. The van der Waals surface area contributed by atoms with Gasteiger partial charge in [-0.1, -0.05) is 19.9 Å². The van der Waals surface area contributed by atoms with E-state index in [1.165, 1.54) is 5.56 Å². The number of unbranched alkanes of at least 4 members (excludes halogenated alkanes) is 2. The second-order valence-corrected chi connectivity index (χ2v) is 5.15. The molecular weight excluding hydrogens is 254 g/mol. The third kappa shape index (κ3) is 6.26. The van der Waals surface area contributed by atoms with E-state index in [-0.39, 0.29) is 6.61 Å². The highest BCUT2D eigenvalue weighted by molar-refractivity contribution is 5.42. The minimum atomic E-state index is 0.250. The Labute approximate surface area is 122 Å². The fourth-order valence-electron chi connectivity index (χ4n) is 1.84. The molecule has 0 aromatic heterocycles. The molecule has 0 unspecified atom stereocenters. The highest BCUT2D eigenvalue weighted by Crippen LogP contribution is 2.28. The molecule has 0 saturated heterocycles. The first-order valence-corrected chi connectivity index (χ1v) is 7.31. The van der Waals surface area contributed by atoms with Gasteiger partial charge in [0.15, 0.2) is 11.5 Å². The lowest BCUT2D eigenvalue weighted by atomic mass is 10.2. The van der Waals surface area contributed by atoms with Crippen LogP contribution in [0, 0.1) is 0 Å². The van der Waals surface area contributed by atoms with Gasteiger partial charge < -0.3 is 19.9 Å². The normalized spacial score (nSPS) is 10.8. The van der Waals surface area contributed by atoms with E-state index in [1.807, 2.05) is 18.2 Å². The van der Waals surface area contributed by atoms with Crippen molar-refractivity contribution >= 4 is 0 Å². The van der Waals surface area contributed by atoms with E-state index < -0.39 is 0 Å². The Hall–Kier alpha value is -1.26. The Balaban J connectivity index is 2.54. The standard InChI is InChI=1S/C16H27NO3/c1-13(2)17-12-14-7-8-15(19-3)16(11-14)20-10-6-4-5-9-18/h7-8,11,13,17-18H,4-6,9-10,12H2,1-3H3. The molecule has 4 nitrogen and oxygen atoms in total. The van der Waals surface area contributed by atoms with Crippen molar-refractivity contribution in [3.05, 3.63) is 23.8 Å². The fourth-order valence-corrected chi connectivity index (χ4v) is 1.84. The van der Waals surface area contributed by atoms with E-state index in [2.05, 4.69) is 19.2 Å². The Morgan fingerprint density at radius 3 is 2.60 bits per heavy atom. The van der Waals surface area contributed by atoms with E-state index in [9.17, 15) is 0 Å². The van der Waals surface area contributed by atoms with Crippen LogP contribution in [0.25, 0.3) is 0 Å². The topological polar surface area (TPSA) is 50.7 Å². The van der Waals surface area contributed by atoms with Crippen molar-refractivity contribution < 1.29 is 14.6 Å². The zero-order valence-corrected chi connectivity index (χ0v) is 12.8. The fraction of sp³-hybridized carbons (Fsp3) is 0.625. The number of methoxy groups -OCH3 is 1. The first kappa shape index (κ1) is 16.8. The summed E-state index contributed by atoms with van der Waals surface area (Å²) in [5, 5.41) is 12.1. The van der Waals surface area contributed by atoms with Crippen molar-refractivity contribution in [3.8, 4) is 11.5 Å². The number of nitrogens with one attached hydrogen (secondary N) is 1. The molecular formula is C16H27NO3. The number of hydrogen-bond acceptors (Lipinski definition) is 4. The van der Waals surface area contributed by atoms with Gasteiger partial charge in [-0.15, -0.1) is 0 Å². The molecule has 0 heterocycles. The first-order valence-electron chi connectivity index (χ1n) is 7.31. The monoisotopic (exact) mass is 281 g/mol. The zero-order chi connectivity index (χ0) is 14.8. The minimum absolute atomic E-state index is 0.250. The highest BCUT2D eigenvalue weighted by Gasteiger charge is 2.06. The molecule has 20 heavy (non-hydrogen) atoms. The highest BCUT2D eigenvalue weighted by atomic mass is 16.5. The Bertz CT molecular complexity index is 380. The van der Waals surface area contributed by atoms with Crippen molar-refractivity contribution in [1.29, 1.82) is 0 Å². The van der Waals surface area contributed by atoms with E-state index in [0.29, 0.717) is 12.6 Å². The summed E-state index contributed by atoms with van der Waals surface area (Å²) in [6, 6.07) is 6.48. The molecule has 0 fully saturated rings. The van der Waals surface area contributed by atoms with E-state index in [1.54, 1.807) is 7.11 Å². The summed E-state index contributed by atoms with van der Waals surface area (Å²) >= 11 is 0. The van der Waals surface area contributed by atoms with Gasteiger partial charge in [0.05, 0.1) is 13.7 Å². The lowest BCUT2D eigenvalue weighted by Gasteiger charge is -2.13. The van der Waals surface area contributed by atoms with Gasteiger partial charge in [0, 0.05) is 19.2 Å². The average molecular weight is 281 g/mol. The maximum Gasteiger partial charge on any atom is 0.161 e. The molecule has 0 bridgehead atoms. The molecule has 0 spiro atoms. The van der Waals surface area contributed by atoms with Gasteiger partial charge in [0.1, 0.15) is 0 Å². The minimum Gasteiger partial charge on any atom is -0.493 e. The molecule has 4 heteroatoms. The van der Waals surface area contributed by atoms with Crippen LogP contribution in [0.5, 0.6) is 11.5 Å². The molecule has 1 aromatic carbocycles. The molecule has 0 saturated carbocycles. The predicted molar refractivity (Wildman–Crippen MR) is 81.4 cm³/mol. The molecule has 0 radical (unpaired) electrons. The molecule has 1 rings (SSSR count). The van der Waals surface area contributed by atoms with Gasteiger partial charge >= 0.3 is 0 Å². The largest absolute Gasteiger partial charge is 0.493 e. The number of rotatable bonds is 10. The van der Waals surface area contributed by atoms with Gasteiger partial charge in [-0.25, -0.2) is 0 Å². The predicted octanol–water partition coefficient (Wildman–Crippen LogP) is 2.73. The van der Waals surface area contributed by atoms with Gasteiger partial charge in [-0.05, 0) is 37.0 Å². The molecule has 0 amide bonds. The first-order chi connectivity index (χ1) is 9.67. The molecule has 2 N–H and O–H groups in total. The summed E-state index contributed by atoms with van der Waals surface area (Å²) in [6.45, 7) is 5.98. The summed E-state index contributed by atoms with van der Waals surface area (Å²) in [7, 11) is 1.65. The molecule has 1 aromatic rings. The molecule has 0 aliphatic rings. The molecule has 114 valence electrons. The van der Waals surface area contributed by atoms with Crippen LogP contribution in [0.1, 0.15) is 38.7 Å². The lowest BCUT2D eigenvalue weighted by Crippen LogP contribution is -2.21. The van der Waals surface area contributed by atoms with Crippen LogP contribution in [0.2, 0.25) is 0 Å².